The molecule has 0 fully saturated rings. The van der Waals surface area contributed by atoms with Gasteiger partial charge in [0, 0.05) is 0 Å². The maximum absolute atomic E-state index is 10.6. The van der Waals surface area contributed by atoms with Crippen LogP contribution in [0.5, 0.6) is 5.75 Å². The summed E-state index contributed by atoms with van der Waals surface area (Å²) in [6.07, 6.45) is 1.24. The molecule has 5 heteroatoms. The quantitative estimate of drug-likeness (QED) is 0.647. The summed E-state index contributed by atoms with van der Waals surface area (Å²) in [4.78, 5) is 10.6. The summed E-state index contributed by atoms with van der Waals surface area (Å²) in [5, 5.41) is 17.6. The highest BCUT2D eigenvalue weighted by Crippen LogP contribution is 2.25. The van der Waals surface area contributed by atoms with E-state index in [1.165, 1.54) is 19.3 Å². The molecule has 0 aliphatic heterocycles. The summed E-state index contributed by atoms with van der Waals surface area (Å²) in [5.41, 5.74) is 0.186. The van der Waals surface area contributed by atoms with E-state index in [1.807, 2.05) is 0 Å². The number of carbonyl (C=O) groups is 1. The van der Waals surface area contributed by atoms with Crippen LogP contribution in [-0.2, 0) is 4.79 Å². The highest BCUT2D eigenvalue weighted by Gasteiger charge is 2.06. The SMILES string of the molecule is COc1ccc(C=C(C#N)C(=O)O)cc1Cl. The zero-order valence-corrected chi connectivity index (χ0v) is 9.15. The van der Waals surface area contributed by atoms with Crippen LogP contribution in [0, 0.1) is 11.3 Å². The van der Waals surface area contributed by atoms with Gasteiger partial charge >= 0.3 is 5.97 Å². The van der Waals surface area contributed by atoms with Gasteiger partial charge in [-0.05, 0) is 23.8 Å². The first-order chi connectivity index (χ1) is 7.58. The summed E-state index contributed by atoms with van der Waals surface area (Å²) in [6, 6.07) is 6.33. The Hall–Kier alpha value is -1.99. The Balaban J connectivity index is 3.12. The summed E-state index contributed by atoms with van der Waals surface area (Å²) in [7, 11) is 1.48. The number of nitrogens with zero attached hydrogens (tertiary/aromatic N) is 1. The maximum atomic E-state index is 10.6. The van der Waals surface area contributed by atoms with E-state index in [0.717, 1.165) is 0 Å². The average molecular weight is 238 g/mol. The van der Waals surface area contributed by atoms with Crippen molar-refractivity contribution in [3.63, 3.8) is 0 Å². The predicted octanol–water partition coefficient (Wildman–Crippen LogP) is 2.34. The summed E-state index contributed by atoms with van der Waals surface area (Å²) in [5.74, 6) is -0.776. The Morgan fingerprint density at radius 2 is 2.31 bits per heavy atom. The van der Waals surface area contributed by atoms with E-state index in [2.05, 4.69) is 0 Å². The Morgan fingerprint density at radius 1 is 1.62 bits per heavy atom. The Labute approximate surface area is 97.3 Å². The number of nitriles is 1. The van der Waals surface area contributed by atoms with Crippen LogP contribution in [0.15, 0.2) is 23.8 Å². The van der Waals surface area contributed by atoms with E-state index < -0.39 is 5.97 Å². The lowest BCUT2D eigenvalue weighted by atomic mass is 10.1. The number of benzene rings is 1. The van der Waals surface area contributed by atoms with Gasteiger partial charge in [-0.25, -0.2) is 4.79 Å². The molecule has 0 radical (unpaired) electrons. The van der Waals surface area contributed by atoms with Crippen LogP contribution in [0.2, 0.25) is 5.02 Å². The number of methoxy groups -OCH3 is 1. The molecule has 0 saturated heterocycles. The normalized spacial score (nSPS) is 10.7. The van der Waals surface area contributed by atoms with Crippen molar-refractivity contribution >= 4 is 23.6 Å². The molecule has 16 heavy (non-hydrogen) atoms. The van der Waals surface area contributed by atoms with Crippen molar-refractivity contribution in [2.75, 3.05) is 7.11 Å². The molecule has 0 unspecified atom stereocenters. The molecule has 0 saturated carbocycles. The molecule has 82 valence electrons. The van der Waals surface area contributed by atoms with Gasteiger partial charge in [-0.1, -0.05) is 17.7 Å². The van der Waals surface area contributed by atoms with Gasteiger partial charge in [-0.3, -0.25) is 0 Å². The number of halogens is 1. The monoisotopic (exact) mass is 237 g/mol. The number of carboxylic acids is 1. The van der Waals surface area contributed by atoms with Gasteiger partial charge in [-0.2, -0.15) is 5.26 Å². The Bertz CT molecular complexity index is 488. The Kier molecular flexibility index (Phi) is 3.92. The molecule has 0 bridgehead atoms. The molecule has 0 spiro atoms. The van der Waals surface area contributed by atoms with E-state index >= 15 is 0 Å². The second kappa shape index (κ2) is 5.19. The zero-order chi connectivity index (χ0) is 12.1. The van der Waals surface area contributed by atoms with Crippen molar-refractivity contribution in [1.29, 1.82) is 5.26 Å². The lowest BCUT2D eigenvalue weighted by molar-refractivity contribution is -0.132. The van der Waals surface area contributed by atoms with Crippen LogP contribution < -0.4 is 4.74 Å². The number of hydrogen-bond donors (Lipinski definition) is 1. The number of carboxylic acid groups (broad SMARTS) is 1. The molecule has 0 amide bonds. The van der Waals surface area contributed by atoms with Crippen molar-refractivity contribution in [2.24, 2.45) is 0 Å². The van der Waals surface area contributed by atoms with Gasteiger partial charge in [0.05, 0.1) is 12.1 Å². The lowest BCUT2D eigenvalue weighted by Gasteiger charge is -2.03. The second-order valence-corrected chi connectivity index (χ2v) is 3.28. The topological polar surface area (TPSA) is 70.3 Å². The molecular formula is C11H8ClNO3. The van der Waals surface area contributed by atoms with Crippen LogP contribution in [0.4, 0.5) is 0 Å². The van der Waals surface area contributed by atoms with Crippen molar-refractivity contribution < 1.29 is 14.6 Å². The minimum Gasteiger partial charge on any atom is -0.495 e. The summed E-state index contributed by atoms with van der Waals surface area (Å²) >= 11 is 5.85. The predicted molar refractivity (Wildman–Crippen MR) is 59.2 cm³/mol. The molecule has 1 aromatic rings. The van der Waals surface area contributed by atoms with Crippen molar-refractivity contribution in [2.45, 2.75) is 0 Å². The fourth-order valence-electron chi connectivity index (χ4n) is 1.08. The summed E-state index contributed by atoms with van der Waals surface area (Å²) < 4.78 is 4.94. The largest absolute Gasteiger partial charge is 0.495 e. The van der Waals surface area contributed by atoms with E-state index in [9.17, 15) is 4.79 Å². The highest BCUT2D eigenvalue weighted by molar-refractivity contribution is 6.32. The van der Waals surface area contributed by atoms with Crippen molar-refractivity contribution in [3.8, 4) is 11.8 Å². The third-order valence-corrected chi connectivity index (χ3v) is 2.13. The van der Waals surface area contributed by atoms with Crippen molar-refractivity contribution in [3.05, 3.63) is 34.4 Å². The molecule has 4 nitrogen and oxygen atoms in total. The van der Waals surface area contributed by atoms with Crippen LogP contribution in [0.25, 0.3) is 6.08 Å². The number of hydrogen-bond acceptors (Lipinski definition) is 3. The van der Waals surface area contributed by atoms with Crippen LogP contribution in [0.1, 0.15) is 5.56 Å². The molecular weight excluding hydrogens is 230 g/mol. The van der Waals surface area contributed by atoms with Gasteiger partial charge in [0.1, 0.15) is 17.4 Å². The minimum atomic E-state index is -1.27. The molecule has 0 aliphatic carbocycles. The average Bonchev–Trinajstić information content (AvgIpc) is 2.25. The third-order valence-electron chi connectivity index (χ3n) is 1.84. The van der Waals surface area contributed by atoms with E-state index in [-0.39, 0.29) is 5.57 Å². The van der Waals surface area contributed by atoms with E-state index in [0.29, 0.717) is 16.3 Å². The highest BCUT2D eigenvalue weighted by atomic mass is 35.5. The number of aliphatic carboxylic acids is 1. The molecule has 0 atom stereocenters. The molecule has 1 aromatic carbocycles. The smallest absolute Gasteiger partial charge is 0.346 e. The van der Waals surface area contributed by atoms with Gasteiger partial charge in [0.2, 0.25) is 0 Å². The van der Waals surface area contributed by atoms with Crippen LogP contribution in [0.3, 0.4) is 0 Å². The first kappa shape index (κ1) is 12.1. The van der Waals surface area contributed by atoms with Gasteiger partial charge in [0.15, 0.2) is 0 Å². The molecule has 1 rings (SSSR count). The first-order valence-electron chi connectivity index (χ1n) is 4.27. The third kappa shape index (κ3) is 2.75. The fraction of sp³-hybridized carbons (Fsp3) is 0.0909. The van der Waals surface area contributed by atoms with E-state index in [1.54, 1.807) is 18.2 Å². The van der Waals surface area contributed by atoms with Crippen LogP contribution >= 0.6 is 11.6 Å². The zero-order valence-electron chi connectivity index (χ0n) is 8.40. The van der Waals surface area contributed by atoms with Crippen molar-refractivity contribution in [1.82, 2.24) is 0 Å². The van der Waals surface area contributed by atoms with Crippen LogP contribution in [-0.4, -0.2) is 18.2 Å². The molecule has 0 aliphatic rings. The van der Waals surface area contributed by atoms with Gasteiger partial charge in [-0.15, -0.1) is 0 Å². The lowest BCUT2D eigenvalue weighted by Crippen LogP contribution is -1.97. The van der Waals surface area contributed by atoms with Gasteiger partial charge in [0.25, 0.3) is 0 Å². The summed E-state index contributed by atoms with van der Waals surface area (Å²) in [6.45, 7) is 0. The number of ether oxygens (including phenoxy) is 1. The molecule has 1 N–H and O–H groups in total. The molecule has 0 heterocycles. The Morgan fingerprint density at radius 3 is 2.75 bits per heavy atom. The maximum Gasteiger partial charge on any atom is 0.346 e. The first-order valence-corrected chi connectivity index (χ1v) is 4.65. The number of rotatable bonds is 3. The molecule has 0 aromatic heterocycles. The van der Waals surface area contributed by atoms with E-state index in [4.69, 9.17) is 26.7 Å². The fourth-order valence-corrected chi connectivity index (χ4v) is 1.35. The standard InChI is InChI=1S/C11H8ClNO3/c1-16-10-3-2-7(5-9(10)12)4-8(6-13)11(14)15/h2-5H,1H3,(H,14,15). The second-order valence-electron chi connectivity index (χ2n) is 2.87. The minimum absolute atomic E-state index is 0.346. The van der Waals surface area contributed by atoms with Gasteiger partial charge < -0.3 is 9.84 Å².